The second-order valence-electron chi connectivity index (χ2n) is 4.89. The van der Waals surface area contributed by atoms with Gasteiger partial charge < -0.3 is 15.1 Å². The smallest absolute Gasteiger partial charge is 0.244 e. The maximum absolute atomic E-state index is 12.2. The first-order valence-electron chi connectivity index (χ1n) is 6.88. The number of aromatic nitrogens is 1. The monoisotopic (exact) mass is 293 g/mol. The largest absolute Gasteiger partial charge is 0.411 e. The summed E-state index contributed by atoms with van der Waals surface area (Å²) >= 11 is 0. The van der Waals surface area contributed by atoms with Crippen LogP contribution in [0.15, 0.2) is 65.9 Å². The first-order valence-corrected chi connectivity index (χ1v) is 6.88. The van der Waals surface area contributed by atoms with Crippen molar-refractivity contribution in [1.29, 1.82) is 0 Å². The number of carbonyl (C=O) groups excluding carboxylic acids is 1. The van der Waals surface area contributed by atoms with Gasteiger partial charge in [0.05, 0.1) is 6.21 Å². The molecule has 5 heteroatoms. The van der Waals surface area contributed by atoms with Gasteiger partial charge in [-0.1, -0.05) is 41.6 Å². The fourth-order valence-corrected chi connectivity index (χ4v) is 2.45. The first kappa shape index (κ1) is 13.9. The minimum Gasteiger partial charge on any atom is -0.411 e. The lowest BCUT2D eigenvalue weighted by Gasteiger charge is -2.07. The third-order valence-electron chi connectivity index (χ3n) is 3.39. The SMILES string of the molecule is O=C(Cn1cc(/C=N/O)c2ccccc21)Nc1ccccc1. The Bertz CT molecular complexity index is 822. The molecule has 0 saturated carbocycles. The number of hydrogen-bond acceptors (Lipinski definition) is 3. The van der Waals surface area contributed by atoms with Crippen LogP contribution in [0.5, 0.6) is 0 Å². The standard InChI is InChI=1S/C17H15N3O2/c21-17(19-14-6-2-1-3-7-14)12-20-11-13(10-18-22)15-8-4-5-9-16(15)20/h1-11,22H,12H2,(H,19,21)/b18-10+. The molecule has 2 N–H and O–H groups in total. The van der Waals surface area contributed by atoms with E-state index in [4.69, 9.17) is 5.21 Å². The number of amides is 1. The van der Waals surface area contributed by atoms with Gasteiger partial charge in [-0.05, 0) is 18.2 Å². The van der Waals surface area contributed by atoms with Crippen molar-refractivity contribution < 1.29 is 10.0 Å². The van der Waals surface area contributed by atoms with Crippen LogP contribution in [0.25, 0.3) is 10.9 Å². The molecule has 2 aromatic carbocycles. The molecule has 0 radical (unpaired) electrons. The van der Waals surface area contributed by atoms with Crippen LogP contribution in [0.4, 0.5) is 5.69 Å². The zero-order chi connectivity index (χ0) is 15.4. The molecule has 1 heterocycles. The highest BCUT2D eigenvalue weighted by molar-refractivity contribution is 6.00. The van der Waals surface area contributed by atoms with Gasteiger partial charge in [-0.2, -0.15) is 0 Å². The van der Waals surface area contributed by atoms with Crippen molar-refractivity contribution in [3.05, 3.63) is 66.4 Å². The molecule has 5 nitrogen and oxygen atoms in total. The Labute approximate surface area is 127 Å². The quantitative estimate of drug-likeness (QED) is 0.441. The number of rotatable bonds is 4. The van der Waals surface area contributed by atoms with Gasteiger partial charge in [-0.3, -0.25) is 4.79 Å². The number of nitrogens with zero attached hydrogens (tertiary/aromatic N) is 2. The van der Waals surface area contributed by atoms with Crippen molar-refractivity contribution in [3.63, 3.8) is 0 Å². The third kappa shape index (κ3) is 2.83. The van der Waals surface area contributed by atoms with Gasteiger partial charge >= 0.3 is 0 Å². The molecular weight excluding hydrogens is 278 g/mol. The van der Waals surface area contributed by atoms with Crippen molar-refractivity contribution in [2.24, 2.45) is 5.16 Å². The Kier molecular flexibility index (Phi) is 3.87. The van der Waals surface area contributed by atoms with E-state index < -0.39 is 0 Å². The van der Waals surface area contributed by atoms with Gasteiger partial charge in [0, 0.05) is 28.4 Å². The lowest BCUT2D eigenvalue weighted by molar-refractivity contribution is -0.116. The van der Waals surface area contributed by atoms with Gasteiger partial charge in [-0.15, -0.1) is 0 Å². The second-order valence-corrected chi connectivity index (χ2v) is 4.89. The van der Waals surface area contributed by atoms with Crippen LogP contribution in [0.1, 0.15) is 5.56 Å². The number of benzene rings is 2. The molecule has 22 heavy (non-hydrogen) atoms. The van der Waals surface area contributed by atoms with E-state index in [1.54, 1.807) is 6.20 Å². The minimum absolute atomic E-state index is 0.112. The lowest BCUT2D eigenvalue weighted by Crippen LogP contribution is -2.18. The van der Waals surface area contributed by atoms with Crippen molar-refractivity contribution in [2.45, 2.75) is 6.54 Å². The first-order chi connectivity index (χ1) is 10.8. The van der Waals surface area contributed by atoms with Gasteiger partial charge in [-0.25, -0.2) is 0 Å². The molecule has 0 saturated heterocycles. The highest BCUT2D eigenvalue weighted by atomic mass is 16.4. The van der Waals surface area contributed by atoms with E-state index >= 15 is 0 Å². The highest BCUT2D eigenvalue weighted by Gasteiger charge is 2.10. The Morgan fingerprint density at radius 2 is 1.86 bits per heavy atom. The van der Waals surface area contributed by atoms with Crippen LogP contribution in [-0.4, -0.2) is 21.9 Å². The molecule has 0 spiro atoms. The van der Waals surface area contributed by atoms with E-state index in [0.717, 1.165) is 22.2 Å². The summed E-state index contributed by atoms with van der Waals surface area (Å²) in [6.07, 6.45) is 3.17. The molecule has 0 aliphatic rings. The average Bonchev–Trinajstić information content (AvgIpc) is 2.87. The molecule has 3 aromatic rings. The third-order valence-corrected chi connectivity index (χ3v) is 3.39. The average molecular weight is 293 g/mol. The Balaban J connectivity index is 1.86. The fourth-order valence-electron chi connectivity index (χ4n) is 2.45. The number of fused-ring (bicyclic) bond motifs is 1. The molecule has 1 amide bonds. The van der Waals surface area contributed by atoms with E-state index in [1.807, 2.05) is 59.2 Å². The van der Waals surface area contributed by atoms with Crippen LogP contribution in [0.3, 0.4) is 0 Å². The summed E-state index contributed by atoms with van der Waals surface area (Å²) in [5.41, 5.74) is 2.45. The lowest BCUT2D eigenvalue weighted by atomic mass is 10.2. The molecule has 0 aliphatic carbocycles. The molecule has 1 aromatic heterocycles. The van der Waals surface area contributed by atoms with Crippen molar-refractivity contribution >= 4 is 28.7 Å². The van der Waals surface area contributed by atoms with Crippen molar-refractivity contribution in [3.8, 4) is 0 Å². The summed E-state index contributed by atoms with van der Waals surface area (Å²) < 4.78 is 1.84. The van der Waals surface area contributed by atoms with Crippen LogP contribution in [0.2, 0.25) is 0 Å². The molecule has 0 aliphatic heterocycles. The Hall–Kier alpha value is -3.08. The highest BCUT2D eigenvalue weighted by Crippen LogP contribution is 2.20. The van der Waals surface area contributed by atoms with Gasteiger partial charge in [0.2, 0.25) is 5.91 Å². The van der Waals surface area contributed by atoms with Crippen LogP contribution >= 0.6 is 0 Å². The number of oxime groups is 1. The zero-order valence-electron chi connectivity index (χ0n) is 11.8. The predicted molar refractivity (Wildman–Crippen MR) is 86.4 cm³/mol. The minimum atomic E-state index is -0.112. The van der Waals surface area contributed by atoms with Gasteiger partial charge in [0.15, 0.2) is 0 Å². The number of carbonyl (C=O) groups is 1. The zero-order valence-corrected chi connectivity index (χ0v) is 11.8. The molecule has 0 unspecified atom stereocenters. The van der Waals surface area contributed by atoms with Crippen LogP contribution in [-0.2, 0) is 11.3 Å². The van der Waals surface area contributed by atoms with E-state index in [-0.39, 0.29) is 12.5 Å². The van der Waals surface area contributed by atoms with Crippen molar-refractivity contribution in [1.82, 2.24) is 4.57 Å². The predicted octanol–water partition coefficient (Wildman–Crippen LogP) is 3.09. The number of para-hydroxylation sites is 2. The Morgan fingerprint density at radius 1 is 1.14 bits per heavy atom. The summed E-state index contributed by atoms with van der Waals surface area (Å²) in [6.45, 7) is 0.189. The number of nitrogens with one attached hydrogen (secondary N) is 1. The molecule has 110 valence electrons. The summed E-state index contributed by atoms with van der Waals surface area (Å²) in [6, 6.07) is 17.0. The molecule has 3 rings (SSSR count). The van der Waals surface area contributed by atoms with E-state index in [9.17, 15) is 4.79 Å². The Morgan fingerprint density at radius 3 is 2.64 bits per heavy atom. The van der Waals surface area contributed by atoms with E-state index in [1.165, 1.54) is 6.21 Å². The van der Waals surface area contributed by atoms with Crippen LogP contribution in [0, 0.1) is 0 Å². The second kappa shape index (κ2) is 6.13. The summed E-state index contributed by atoms with van der Waals surface area (Å²) in [5, 5.41) is 15.6. The van der Waals surface area contributed by atoms with Crippen LogP contribution < -0.4 is 5.32 Å². The van der Waals surface area contributed by atoms with E-state index in [2.05, 4.69) is 10.5 Å². The number of hydrogen-bond donors (Lipinski definition) is 2. The number of anilines is 1. The van der Waals surface area contributed by atoms with Gasteiger partial charge in [0.1, 0.15) is 6.54 Å². The maximum atomic E-state index is 12.2. The summed E-state index contributed by atoms with van der Waals surface area (Å²) in [5.74, 6) is -0.112. The molecular formula is C17H15N3O2. The normalized spacial score (nSPS) is 11.1. The molecule has 0 bridgehead atoms. The maximum Gasteiger partial charge on any atom is 0.244 e. The van der Waals surface area contributed by atoms with Gasteiger partial charge in [0.25, 0.3) is 0 Å². The van der Waals surface area contributed by atoms with E-state index in [0.29, 0.717) is 0 Å². The molecule has 0 atom stereocenters. The topological polar surface area (TPSA) is 66.6 Å². The fraction of sp³-hybridized carbons (Fsp3) is 0.0588. The summed E-state index contributed by atoms with van der Waals surface area (Å²) in [4.78, 5) is 12.2. The molecule has 0 fully saturated rings. The summed E-state index contributed by atoms with van der Waals surface area (Å²) in [7, 11) is 0. The van der Waals surface area contributed by atoms with Crippen molar-refractivity contribution in [2.75, 3.05) is 5.32 Å².